The molecule has 0 N–H and O–H groups in total. The Labute approximate surface area is 72.2 Å². The van der Waals surface area contributed by atoms with Crippen LogP contribution in [0.5, 0.6) is 0 Å². The van der Waals surface area contributed by atoms with Crippen LogP contribution in [0.2, 0.25) is 0 Å². The molecule has 0 amide bonds. The van der Waals surface area contributed by atoms with Crippen LogP contribution in [0.4, 0.5) is 0 Å². The first kappa shape index (κ1) is 8.94. The van der Waals surface area contributed by atoms with Gasteiger partial charge in [-0.3, -0.25) is 4.79 Å². The van der Waals surface area contributed by atoms with Crippen LogP contribution in [0.1, 0.15) is 17.3 Å². The minimum Gasteiger partial charge on any atom is -0.377 e. The van der Waals surface area contributed by atoms with Crippen LogP contribution >= 0.6 is 0 Å². The molecule has 2 heteroatoms. The third-order valence-corrected chi connectivity index (χ3v) is 1.38. The number of rotatable bonds is 1. The maximum absolute atomic E-state index is 10.6. The van der Waals surface area contributed by atoms with E-state index in [1.54, 1.807) is 6.92 Å². The Morgan fingerprint density at radius 2 is 1.75 bits per heavy atom. The van der Waals surface area contributed by atoms with E-state index in [0.29, 0.717) is 0 Å². The fourth-order valence-electron chi connectivity index (χ4n) is 0.673. The van der Waals surface area contributed by atoms with Crippen LogP contribution in [0.15, 0.2) is 30.3 Å². The number of hydrogen-bond acceptors (Lipinski definition) is 2. The summed E-state index contributed by atoms with van der Waals surface area (Å²) >= 11 is 0. The van der Waals surface area contributed by atoms with Crippen molar-refractivity contribution < 1.29 is 9.53 Å². The van der Waals surface area contributed by atoms with Crippen LogP contribution < -0.4 is 0 Å². The van der Waals surface area contributed by atoms with Gasteiger partial charge in [-0.25, -0.2) is 0 Å². The highest BCUT2D eigenvalue weighted by atomic mass is 16.6. The number of ketones is 1. The van der Waals surface area contributed by atoms with Gasteiger partial charge in [0.15, 0.2) is 5.78 Å². The second kappa shape index (κ2) is 4.67. The normalized spacial score (nSPS) is 12.8. The molecular formula is C10H12O2. The Kier molecular flexibility index (Phi) is 3.48. The SMILES string of the molecule is C1CO1.CC(=O)c1ccccc1. The number of carbonyl (C=O) groups is 1. The summed E-state index contributed by atoms with van der Waals surface area (Å²) in [6, 6.07) is 9.23. The maximum Gasteiger partial charge on any atom is 0.159 e. The van der Waals surface area contributed by atoms with Crippen molar-refractivity contribution in [1.29, 1.82) is 0 Å². The molecule has 0 aliphatic carbocycles. The minimum atomic E-state index is 0.121. The summed E-state index contributed by atoms with van der Waals surface area (Å²) in [6.07, 6.45) is 0. The summed E-state index contributed by atoms with van der Waals surface area (Å²) in [5.74, 6) is 0.121. The lowest BCUT2D eigenvalue weighted by molar-refractivity contribution is 0.101. The second-order valence-corrected chi connectivity index (χ2v) is 2.53. The first-order chi connectivity index (χ1) is 5.80. The highest BCUT2D eigenvalue weighted by Gasteiger charge is 1.94. The Hall–Kier alpha value is -1.15. The minimum absolute atomic E-state index is 0.121. The topological polar surface area (TPSA) is 29.6 Å². The molecule has 0 spiro atoms. The molecule has 1 fully saturated rings. The van der Waals surface area contributed by atoms with Gasteiger partial charge in [0, 0.05) is 5.56 Å². The van der Waals surface area contributed by atoms with Crippen LogP contribution in [-0.4, -0.2) is 19.0 Å². The van der Waals surface area contributed by atoms with Gasteiger partial charge in [0.25, 0.3) is 0 Å². The van der Waals surface area contributed by atoms with Crippen molar-refractivity contribution in [2.45, 2.75) is 6.92 Å². The van der Waals surface area contributed by atoms with Gasteiger partial charge in [-0.1, -0.05) is 30.3 Å². The summed E-state index contributed by atoms with van der Waals surface area (Å²) in [5.41, 5.74) is 0.775. The quantitative estimate of drug-likeness (QED) is 0.468. The number of Topliss-reactive ketones (excluding diaryl/α,β-unsaturated/α-hetero) is 1. The molecule has 1 saturated heterocycles. The van der Waals surface area contributed by atoms with Gasteiger partial charge in [0.05, 0.1) is 13.2 Å². The average molecular weight is 164 g/mol. The third kappa shape index (κ3) is 3.88. The number of benzene rings is 1. The monoisotopic (exact) mass is 164 g/mol. The zero-order valence-corrected chi connectivity index (χ0v) is 7.12. The fraction of sp³-hybridized carbons (Fsp3) is 0.300. The standard InChI is InChI=1S/C8H8O.C2H4O/c1-7(9)8-5-3-2-4-6-8;1-2-3-1/h2-6H,1H3;1-2H2. The van der Waals surface area contributed by atoms with Gasteiger partial charge >= 0.3 is 0 Å². The highest BCUT2D eigenvalue weighted by Crippen LogP contribution is 1.97. The summed E-state index contributed by atoms with van der Waals surface area (Å²) < 4.78 is 4.50. The summed E-state index contributed by atoms with van der Waals surface area (Å²) in [7, 11) is 0. The van der Waals surface area contributed by atoms with Crippen molar-refractivity contribution in [3.8, 4) is 0 Å². The van der Waals surface area contributed by atoms with E-state index in [1.165, 1.54) is 0 Å². The molecule has 0 unspecified atom stereocenters. The zero-order chi connectivity index (χ0) is 8.81. The van der Waals surface area contributed by atoms with Crippen molar-refractivity contribution in [3.63, 3.8) is 0 Å². The molecule has 1 aromatic rings. The predicted molar refractivity (Wildman–Crippen MR) is 47.3 cm³/mol. The van der Waals surface area contributed by atoms with Gasteiger partial charge in [0.1, 0.15) is 0 Å². The fourth-order valence-corrected chi connectivity index (χ4v) is 0.673. The largest absolute Gasteiger partial charge is 0.377 e. The molecule has 1 aromatic carbocycles. The molecule has 2 nitrogen and oxygen atoms in total. The van der Waals surface area contributed by atoms with Crippen LogP contribution in [0.3, 0.4) is 0 Å². The van der Waals surface area contributed by atoms with E-state index in [1.807, 2.05) is 30.3 Å². The smallest absolute Gasteiger partial charge is 0.159 e. The van der Waals surface area contributed by atoms with Crippen LogP contribution in [-0.2, 0) is 4.74 Å². The molecule has 0 atom stereocenters. The second-order valence-electron chi connectivity index (χ2n) is 2.53. The van der Waals surface area contributed by atoms with Gasteiger partial charge in [-0.15, -0.1) is 0 Å². The molecule has 1 aliphatic rings. The lowest BCUT2D eigenvalue weighted by Crippen LogP contribution is -1.88. The summed E-state index contributed by atoms with van der Waals surface area (Å²) in [4.78, 5) is 10.6. The molecule has 12 heavy (non-hydrogen) atoms. The lowest BCUT2D eigenvalue weighted by atomic mass is 10.2. The lowest BCUT2D eigenvalue weighted by Gasteiger charge is -1.89. The highest BCUT2D eigenvalue weighted by molar-refractivity contribution is 5.93. The molecule has 0 radical (unpaired) electrons. The first-order valence-corrected chi connectivity index (χ1v) is 3.94. The number of hydrogen-bond donors (Lipinski definition) is 0. The van der Waals surface area contributed by atoms with E-state index in [2.05, 4.69) is 4.74 Å². The van der Waals surface area contributed by atoms with E-state index in [0.717, 1.165) is 18.8 Å². The van der Waals surface area contributed by atoms with E-state index in [-0.39, 0.29) is 5.78 Å². The van der Waals surface area contributed by atoms with Crippen molar-refractivity contribution in [1.82, 2.24) is 0 Å². The van der Waals surface area contributed by atoms with Gasteiger partial charge in [-0.05, 0) is 6.92 Å². The molecule has 2 rings (SSSR count). The number of carbonyl (C=O) groups excluding carboxylic acids is 1. The van der Waals surface area contributed by atoms with Crippen LogP contribution in [0, 0.1) is 0 Å². The third-order valence-electron chi connectivity index (χ3n) is 1.38. The molecule has 1 heterocycles. The average Bonchev–Trinajstić information content (AvgIpc) is 2.92. The Balaban J connectivity index is 0.000000200. The molecule has 0 bridgehead atoms. The Bertz CT molecular complexity index is 237. The zero-order valence-electron chi connectivity index (χ0n) is 7.12. The Morgan fingerprint density at radius 3 is 2.00 bits per heavy atom. The van der Waals surface area contributed by atoms with Gasteiger partial charge in [0.2, 0.25) is 0 Å². The molecule has 0 saturated carbocycles. The molecule has 0 aromatic heterocycles. The molecular weight excluding hydrogens is 152 g/mol. The van der Waals surface area contributed by atoms with E-state index >= 15 is 0 Å². The number of epoxide rings is 1. The number of ether oxygens (including phenoxy) is 1. The maximum atomic E-state index is 10.6. The van der Waals surface area contributed by atoms with Crippen molar-refractivity contribution in [2.75, 3.05) is 13.2 Å². The van der Waals surface area contributed by atoms with Crippen LogP contribution in [0.25, 0.3) is 0 Å². The summed E-state index contributed by atoms with van der Waals surface area (Å²) in [6.45, 7) is 3.56. The van der Waals surface area contributed by atoms with Gasteiger partial charge < -0.3 is 4.74 Å². The van der Waals surface area contributed by atoms with E-state index in [9.17, 15) is 4.79 Å². The molecule has 1 aliphatic heterocycles. The first-order valence-electron chi connectivity index (χ1n) is 3.94. The Morgan fingerprint density at radius 1 is 1.25 bits per heavy atom. The van der Waals surface area contributed by atoms with E-state index in [4.69, 9.17) is 0 Å². The predicted octanol–water partition coefficient (Wildman–Crippen LogP) is 1.91. The van der Waals surface area contributed by atoms with Gasteiger partial charge in [-0.2, -0.15) is 0 Å². The van der Waals surface area contributed by atoms with Crippen molar-refractivity contribution >= 4 is 5.78 Å². The van der Waals surface area contributed by atoms with Crippen molar-refractivity contribution in [2.24, 2.45) is 0 Å². The van der Waals surface area contributed by atoms with Crippen molar-refractivity contribution in [3.05, 3.63) is 35.9 Å². The molecule has 64 valence electrons. The van der Waals surface area contributed by atoms with E-state index < -0.39 is 0 Å². The summed E-state index contributed by atoms with van der Waals surface area (Å²) in [5, 5.41) is 0.